The van der Waals surface area contributed by atoms with Crippen molar-refractivity contribution < 1.29 is 9.47 Å². The molecule has 2 aliphatic heterocycles. The molecular formula is C18H35NO2. The number of nitrogens with one attached hydrogen (secondary N) is 1. The lowest BCUT2D eigenvalue weighted by Gasteiger charge is -2.46. The molecular weight excluding hydrogens is 262 g/mol. The first kappa shape index (κ1) is 17.2. The monoisotopic (exact) mass is 297 g/mol. The van der Waals surface area contributed by atoms with E-state index in [9.17, 15) is 0 Å². The van der Waals surface area contributed by atoms with Crippen LogP contribution in [0.4, 0.5) is 0 Å². The van der Waals surface area contributed by atoms with E-state index in [4.69, 9.17) is 9.47 Å². The van der Waals surface area contributed by atoms with E-state index in [1.54, 1.807) is 0 Å². The fourth-order valence-corrected chi connectivity index (χ4v) is 4.42. The Morgan fingerprint density at radius 1 is 1.19 bits per heavy atom. The number of unbranched alkanes of at least 4 members (excludes halogenated alkanes) is 1. The minimum atomic E-state index is 0.124. The summed E-state index contributed by atoms with van der Waals surface area (Å²) in [6.07, 6.45) is 9.95. The molecule has 3 atom stereocenters. The van der Waals surface area contributed by atoms with Gasteiger partial charge in [-0.05, 0) is 51.0 Å². The van der Waals surface area contributed by atoms with Gasteiger partial charge in [-0.15, -0.1) is 0 Å². The van der Waals surface area contributed by atoms with E-state index < -0.39 is 0 Å². The second-order valence-corrected chi connectivity index (χ2v) is 7.02. The molecule has 1 N–H and O–H groups in total. The Kier molecular flexibility index (Phi) is 6.97. The van der Waals surface area contributed by atoms with Gasteiger partial charge in [0.25, 0.3) is 0 Å². The maximum absolute atomic E-state index is 6.22. The summed E-state index contributed by atoms with van der Waals surface area (Å²) in [6, 6.07) is 0.658. The molecule has 2 heterocycles. The highest BCUT2D eigenvalue weighted by molar-refractivity contribution is 4.94. The number of hydrogen-bond acceptors (Lipinski definition) is 3. The van der Waals surface area contributed by atoms with Gasteiger partial charge in [0.1, 0.15) is 0 Å². The molecule has 21 heavy (non-hydrogen) atoms. The van der Waals surface area contributed by atoms with Gasteiger partial charge in [0, 0.05) is 25.9 Å². The minimum Gasteiger partial charge on any atom is -0.381 e. The predicted molar refractivity (Wildman–Crippen MR) is 87.6 cm³/mol. The second-order valence-electron chi connectivity index (χ2n) is 7.02. The van der Waals surface area contributed by atoms with Crippen LogP contribution in [0.15, 0.2) is 0 Å². The van der Waals surface area contributed by atoms with Crippen LogP contribution < -0.4 is 5.32 Å². The van der Waals surface area contributed by atoms with Gasteiger partial charge >= 0.3 is 0 Å². The fraction of sp³-hybridized carbons (Fsp3) is 1.00. The van der Waals surface area contributed by atoms with Crippen LogP contribution in [0.25, 0.3) is 0 Å². The van der Waals surface area contributed by atoms with Crippen molar-refractivity contribution >= 4 is 0 Å². The zero-order chi connectivity index (χ0) is 15.1. The van der Waals surface area contributed by atoms with Gasteiger partial charge in [-0.3, -0.25) is 0 Å². The Bertz CT molecular complexity index is 283. The summed E-state index contributed by atoms with van der Waals surface area (Å²) in [5.74, 6) is 1.58. The standard InChI is InChI=1S/C18H35NO2/c1-4-6-7-15(5-2)17(19-3)16-8-11-21-18(14-16)9-12-20-13-10-18/h15-17,19H,4-14H2,1-3H3. The molecule has 2 aliphatic rings. The molecule has 1 spiro atoms. The van der Waals surface area contributed by atoms with E-state index in [-0.39, 0.29) is 5.60 Å². The number of ether oxygens (including phenoxy) is 2. The van der Waals surface area contributed by atoms with Crippen LogP contribution in [0.5, 0.6) is 0 Å². The lowest BCUT2D eigenvalue weighted by molar-refractivity contribution is -0.151. The van der Waals surface area contributed by atoms with Gasteiger partial charge in [0.2, 0.25) is 0 Å². The molecule has 0 aliphatic carbocycles. The highest BCUT2D eigenvalue weighted by Crippen LogP contribution is 2.40. The average Bonchev–Trinajstić information content (AvgIpc) is 2.52. The molecule has 0 aromatic carbocycles. The summed E-state index contributed by atoms with van der Waals surface area (Å²) in [7, 11) is 2.16. The van der Waals surface area contributed by atoms with Crippen molar-refractivity contribution in [2.45, 2.75) is 76.9 Å². The van der Waals surface area contributed by atoms with Gasteiger partial charge in [-0.1, -0.05) is 33.1 Å². The van der Waals surface area contributed by atoms with Crippen molar-refractivity contribution in [2.75, 3.05) is 26.9 Å². The third-order valence-corrected chi connectivity index (χ3v) is 5.74. The van der Waals surface area contributed by atoms with Crippen molar-refractivity contribution in [2.24, 2.45) is 11.8 Å². The maximum atomic E-state index is 6.22. The molecule has 0 aromatic heterocycles. The van der Waals surface area contributed by atoms with Crippen LogP contribution in [0.2, 0.25) is 0 Å². The van der Waals surface area contributed by atoms with Gasteiger partial charge in [0.15, 0.2) is 0 Å². The fourth-order valence-electron chi connectivity index (χ4n) is 4.42. The first-order valence-corrected chi connectivity index (χ1v) is 9.13. The first-order valence-electron chi connectivity index (χ1n) is 9.13. The van der Waals surface area contributed by atoms with Gasteiger partial charge in [-0.25, -0.2) is 0 Å². The average molecular weight is 297 g/mol. The molecule has 0 aromatic rings. The summed E-state index contributed by atoms with van der Waals surface area (Å²) in [5.41, 5.74) is 0.124. The Morgan fingerprint density at radius 2 is 1.95 bits per heavy atom. The molecule has 0 amide bonds. The molecule has 2 rings (SSSR count). The van der Waals surface area contributed by atoms with E-state index in [2.05, 4.69) is 26.2 Å². The van der Waals surface area contributed by atoms with E-state index in [0.29, 0.717) is 6.04 Å². The van der Waals surface area contributed by atoms with Gasteiger partial charge in [0.05, 0.1) is 5.60 Å². The van der Waals surface area contributed by atoms with E-state index in [1.165, 1.54) is 38.5 Å². The zero-order valence-electron chi connectivity index (χ0n) is 14.3. The highest BCUT2D eigenvalue weighted by Gasteiger charge is 2.42. The smallest absolute Gasteiger partial charge is 0.0729 e. The van der Waals surface area contributed by atoms with Crippen LogP contribution in [0.1, 0.15) is 65.2 Å². The number of rotatable bonds is 7. The Labute approximate surface area is 131 Å². The molecule has 2 saturated heterocycles. The summed E-state index contributed by atoms with van der Waals surface area (Å²) in [5, 5.41) is 3.67. The summed E-state index contributed by atoms with van der Waals surface area (Å²) in [4.78, 5) is 0. The van der Waals surface area contributed by atoms with Gasteiger partial charge in [-0.2, -0.15) is 0 Å². The van der Waals surface area contributed by atoms with E-state index in [0.717, 1.165) is 44.5 Å². The van der Waals surface area contributed by atoms with Crippen LogP contribution in [0, 0.1) is 11.8 Å². The highest BCUT2D eigenvalue weighted by atomic mass is 16.5. The van der Waals surface area contributed by atoms with Crippen molar-refractivity contribution in [3.05, 3.63) is 0 Å². The number of hydrogen-bond donors (Lipinski definition) is 1. The molecule has 0 bridgehead atoms. The van der Waals surface area contributed by atoms with Crippen LogP contribution in [-0.4, -0.2) is 38.5 Å². The molecule has 0 radical (unpaired) electrons. The summed E-state index contributed by atoms with van der Waals surface area (Å²) < 4.78 is 11.8. The van der Waals surface area contributed by atoms with Crippen molar-refractivity contribution in [3.8, 4) is 0 Å². The second kappa shape index (κ2) is 8.50. The SMILES string of the molecule is CCCCC(CC)C(NC)C1CCOC2(CCOCC2)C1. The Balaban J connectivity index is 1.99. The first-order chi connectivity index (χ1) is 10.2. The van der Waals surface area contributed by atoms with E-state index >= 15 is 0 Å². The Morgan fingerprint density at radius 3 is 2.57 bits per heavy atom. The van der Waals surface area contributed by atoms with E-state index in [1.807, 2.05) is 0 Å². The third-order valence-electron chi connectivity index (χ3n) is 5.74. The van der Waals surface area contributed by atoms with Crippen molar-refractivity contribution in [3.63, 3.8) is 0 Å². The van der Waals surface area contributed by atoms with Gasteiger partial charge < -0.3 is 14.8 Å². The molecule has 0 saturated carbocycles. The largest absolute Gasteiger partial charge is 0.381 e. The normalized spacial score (nSPS) is 28.4. The molecule has 3 nitrogen and oxygen atoms in total. The van der Waals surface area contributed by atoms with Crippen LogP contribution >= 0.6 is 0 Å². The maximum Gasteiger partial charge on any atom is 0.0729 e. The zero-order valence-corrected chi connectivity index (χ0v) is 14.3. The third kappa shape index (κ3) is 4.43. The lowest BCUT2D eigenvalue weighted by atomic mass is 9.73. The quantitative estimate of drug-likeness (QED) is 0.776. The summed E-state index contributed by atoms with van der Waals surface area (Å²) >= 11 is 0. The molecule has 3 unspecified atom stereocenters. The van der Waals surface area contributed by atoms with Crippen LogP contribution in [-0.2, 0) is 9.47 Å². The molecule has 3 heteroatoms. The minimum absolute atomic E-state index is 0.124. The predicted octanol–water partition coefficient (Wildman–Crippen LogP) is 3.77. The van der Waals surface area contributed by atoms with Crippen molar-refractivity contribution in [1.82, 2.24) is 5.32 Å². The molecule has 2 fully saturated rings. The van der Waals surface area contributed by atoms with Crippen LogP contribution in [0.3, 0.4) is 0 Å². The Hall–Kier alpha value is -0.120. The lowest BCUT2D eigenvalue weighted by Crippen LogP contribution is -2.50. The topological polar surface area (TPSA) is 30.5 Å². The molecule has 124 valence electrons. The summed E-state index contributed by atoms with van der Waals surface area (Å²) in [6.45, 7) is 7.35. The van der Waals surface area contributed by atoms with Crippen molar-refractivity contribution in [1.29, 1.82) is 0 Å².